The first-order chi connectivity index (χ1) is 6.61. The highest BCUT2D eigenvalue weighted by Crippen LogP contribution is 2.28. The number of aromatic nitrogens is 1. The molecular weight excluding hydrogens is 371 g/mol. The van der Waals surface area contributed by atoms with Crippen molar-refractivity contribution in [2.24, 2.45) is 0 Å². The average molecular weight is 376 g/mol. The monoisotopic (exact) mass is 375 g/mol. The molecule has 1 rings (SSSR count). The maximum absolute atomic E-state index is 12.6. The minimum Gasteiger partial charge on any atom is -0.298 e. The first kappa shape index (κ1) is 12.0. The van der Waals surface area contributed by atoms with Gasteiger partial charge in [-0.3, -0.25) is 4.79 Å². The van der Waals surface area contributed by atoms with Crippen LogP contribution in [0.2, 0.25) is 0 Å². The largest absolute Gasteiger partial charge is 0.298 e. The third-order valence-corrected chi connectivity index (χ3v) is 3.14. The smallest absolute Gasteiger partial charge is 0.264 e. The van der Waals surface area contributed by atoms with Crippen molar-refractivity contribution in [3.8, 4) is 0 Å². The van der Waals surface area contributed by atoms with Crippen LogP contribution in [0.5, 0.6) is 0 Å². The van der Waals surface area contributed by atoms with Gasteiger partial charge in [0.15, 0.2) is 6.29 Å². The lowest BCUT2D eigenvalue weighted by molar-refractivity contribution is 0.110. The molecule has 1 aromatic heterocycles. The number of pyridine rings is 1. The van der Waals surface area contributed by atoms with E-state index < -0.39 is 6.43 Å². The van der Waals surface area contributed by atoms with Gasteiger partial charge in [-0.1, -0.05) is 15.9 Å². The molecule has 0 saturated heterocycles. The van der Waals surface area contributed by atoms with Crippen LogP contribution in [-0.2, 0) is 5.33 Å². The van der Waals surface area contributed by atoms with Crippen LogP contribution < -0.4 is 0 Å². The number of aldehydes is 1. The Balaban J connectivity index is 3.43. The van der Waals surface area contributed by atoms with E-state index in [0.717, 1.165) is 0 Å². The Hall–Kier alpha value is -0.110. The van der Waals surface area contributed by atoms with Gasteiger partial charge in [0, 0.05) is 17.1 Å². The highest BCUT2D eigenvalue weighted by molar-refractivity contribution is 14.1. The van der Waals surface area contributed by atoms with Crippen molar-refractivity contribution in [2.75, 3.05) is 0 Å². The van der Waals surface area contributed by atoms with Gasteiger partial charge < -0.3 is 0 Å². The number of halogens is 4. The fourth-order valence-electron chi connectivity index (χ4n) is 1.03. The Bertz CT molecular complexity index is 359. The molecule has 0 aliphatic carbocycles. The van der Waals surface area contributed by atoms with E-state index in [9.17, 15) is 13.6 Å². The van der Waals surface area contributed by atoms with Crippen LogP contribution >= 0.6 is 38.5 Å². The van der Waals surface area contributed by atoms with E-state index in [4.69, 9.17) is 0 Å². The summed E-state index contributed by atoms with van der Waals surface area (Å²) in [6.07, 6.45) is -0.882. The van der Waals surface area contributed by atoms with E-state index in [1.165, 1.54) is 6.20 Å². The van der Waals surface area contributed by atoms with Gasteiger partial charge >= 0.3 is 0 Å². The topological polar surface area (TPSA) is 30.0 Å². The molecule has 0 aliphatic rings. The van der Waals surface area contributed by atoms with Gasteiger partial charge in [0.2, 0.25) is 0 Å². The number of carbonyl (C=O) groups is 1. The molecular formula is C8H5BrF2INO. The Morgan fingerprint density at radius 1 is 1.64 bits per heavy atom. The third kappa shape index (κ3) is 2.28. The van der Waals surface area contributed by atoms with E-state index in [2.05, 4.69) is 20.9 Å². The minimum absolute atomic E-state index is 0.0162. The summed E-state index contributed by atoms with van der Waals surface area (Å²) in [4.78, 5) is 14.5. The lowest BCUT2D eigenvalue weighted by Crippen LogP contribution is -2.03. The number of carbonyl (C=O) groups excluding carboxylic acids is 1. The maximum atomic E-state index is 12.6. The Morgan fingerprint density at radius 3 is 2.71 bits per heavy atom. The SMILES string of the molecule is O=Cc1c(I)ncc(CBr)c1C(F)F. The molecule has 0 aromatic carbocycles. The van der Waals surface area contributed by atoms with Crippen molar-refractivity contribution < 1.29 is 13.6 Å². The van der Waals surface area contributed by atoms with Crippen LogP contribution in [0.3, 0.4) is 0 Å². The zero-order valence-electron chi connectivity index (χ0n) is 6.81. The van der Waals surface area contributed by atoms with Gasteiger partial charge in [0.25, 0.3) is 6.43 Å². The second-order valence-corrected chi connectivity index (χ2v) is 4.04. The molecule has 1 aromatic rings. The molecule has 0 N–H and O–H groups in total. The number of nitrogens with zero attached hydrogens (tertiary/aromatic N) is 1. The van der Waals surface area contributed by atoms with Gasteiger partial charge in [0.1, 0.15) is 3.70 Å². The first-order valence-electron chi connectivity index (χ1n) is 3.58. The van der Waals surface area contributed by atoms with Crippen molar-refractivity contribution in [1.82, 2.24) is 4.98 Å². The second-order valence-electron chi connectivity index (χ2n) is 2.45. The number of hydrogen-bond acceptors (Lipinski definition) is 2. The third-order valence-electron chi connectivity index (χ3n) is 1.67. The molecule has 1 heterocycles. The van der Waals surface area contributed by atoms with Crippen LogP contribution in [0.25, 0.3) is 0 Å². The molecule has 14 heavy (non-hydrogen) atoms. The average Bonchev–Trinajstić information content (AvgIpc) is 2.17. The molecule has 0 fully saturated rings. The van der Waals surface area contributed by atoms with Crippen molar-refractivity contribution in [3.63, 3.8) is 0 Å². The van der Waals surface area contributed by atoms with Gasteiger partial charge in [0.05, 0.1) is 5.56 Å². The second kappa shape index (κ2) is 5.11. The van der Waals surface area contributed by atoms with E-state index >= 15 is 0 Å². The van der Waals surface area contributed by atoms with Crippen LogP contribution in [-0.4, -0.2) is 11.3 Å². The first-order valence-corrected chi connectivity index (χ1v) is 5.78. The molecule has 2 nitrogen and oxygen atoms in total. The summed E-state index contributed by atoms with van der Waals surface area (Å²) < 4.78 is 25.6. The molecule has 0 atom stereocenters. The summed E-state index contributed by atoms with van der Waals surface area (Å²) >= 11 is 4.83. The zero-order chi connectivity index (χ0) is 10.7. The highest BCUT2D eigenvalue weighted by Gasteiger charge is 2.19. The molecule has 0 aliphatic heterocycles. The van der Waals surface area contributed by atoms with E-state index in [0.29, 0.717) is 15.6 Å². The fourth-order valence-corrected chi connectivity index (χ4v) is 2.04. The summed E-state index contributed by atoms with van der Waals surface area (Å²) in [6.45, 7) is 0. The molecule has 0 bridgehead atoms. The summed E-state index contributed by atoms with van der Waals surface area (Å²) in [5.74, 6) is 0. The number of hydrogen-bond donors (Lipinski definition) is 0. The maximum Gasteiger partial charge on any atom is 0.264 e. The standard InChI is InChI=1S/C8H5BrF2INO/c9-1-4-2-13-8(12)5(3-14)6(4)7(10)11/h2-3,7H,1H2. The minimum atomic E-state index is -2.65. The Morgan fingerprint density at radius 2 is 2.29 bits per heavy atom. The summed E-state index contributed by atoms with van der Waals surface area (Å²) in [7, 11) is 0. The molecule has 0 amide bonds. The van der Waals surface area contributed by atoms with Crippen LogP contribution in [0.15, 0.2) is 6.20 Å². The van der Waals surface area contributed by atoms with E-state index in [1.54, 1.807) is 22.6 Å². The molecule has 76 valence electrons. The van der Waals surface area contributed by atoms with Crippen molar-refractivity contribution in [3.05, 3.63) is 26.6 Å². The molecule has 0 radical (unpaired) electrons. The number of alkyl halides is 3. The quantitative estimate of drug-likeness (QED) is 0.351. The van der Waals surface area contributed by atoms with Gasteiger partial charge in [-0.15, -0.1) is 0 Å². The van der Waals surface area contributed by atoms with E-state index in [-0.39, 0.29) is 16.5 Å². The van der Waals surface area contributed by atoms with Crippen molar-refractivity contribution >= 4 is 44.8 Å². The Kier molecular flexibility index (Phi) is 4.36. The fraction of sp³-hybridized carbons (Fsp3) is 0.250. The summed E-state index contributed by atoms with van der Waals surface area (Å²) in [6, 6.07) is 0. The molecule has 0 saturated carbocycles. The predicted molar refractivity (Wildman–Crippen MR) is 59.9 cm³/mol. The van der Waals surface area contributed by atoms with Crippen molar-refractivity contribution in [2.45, 2.75) is 11.8 Å². The van der Waals surface area contributed by atoms with Crippen LogP contribution in [0.4, 0.5) is 8.78 Å². The Labute approximate surface area is 101 Å². The lowest BCUT2D eigenvalue weighted by atomic mass is 10.1. The van der Waals surface area contributed by atoms with E-state index in [1.807, 2.05) is 0 Å². The van der Waals surface area contributed by atoms with Gasteiger partial charge in [-0.25, -0.2) is 13.8 Å². The summed E-state index contributed by atoms with van der Waals surface area (Å²) in [5, 5.41) is 0.261. The molecule has 0 spiro atoms. The lowest BCUT2D eigenvalue weighted by Gasteiger charge is -2.09. The van der Waals surface area contributed by atoms with Crippen molar-refractivity contribution in [1.29, 1.82) is 0 Å². The molecule has 0 unspecified atom stereocenters. The van der Waals surface area contributed by atoms with Crippen LogP contribution in [0.1, 0.15) is 27.9 Å². The van der Waals surface area contributed by atoms with Crippen LogP contribution in [0, 0.1) is 3.70 Å². The highest BCUT2D eigenvalue weighted by atomic mass is 127. The number of rotatable bonds is 3. The molecule has 6 heteroatoms. The summed E-state index contributed by atoms with van der Waals surface area (Å²) in [5.41, 5.74) is 0.108. The predicted octanol–water partition coefficient (Wildman–Crippen LogP) is 3.33. The van der Waals surface area contributed by atoms with Gasteiger partial charge in [-0.05, 0) is 28.2 Å². The van der Waals surface area contributed by atoms with Gasteiger partial charge in [-0.2, -0.15) is 0 Å². The normalized spacial score (nSPS) is 10.6. The zero-order valence-corrected chi connectivity index (χ0v) is 10.5.